The Kier molecular flexibility index (Phi) is 9.18. The zero-order valence-electron chi connectivity index (χ0n) is 30.0. The van der Waals surface area contributed by atoms with E-state index in [1.807, 2.05) is 182 Å². The van der Waals surface area contributed by atoms with Gasteiger partial charge in [0.2, 0.25) is 0 Å². The molecule has 0 unspecified atom stereocenters. The van der Waals surface area contributed by atoms with Crippen LogP contribution in [-0.2, 0) is 0 Å². The lowest BCUT2D eigenvalue weighted by atomic mass is 9.91. The van der Waals surface area contributed by atoms with Crippen LogP contribution in [0.15, 0.2) is 188 Å². The van der Waals surface area contributed by atoms with E-state index in [4.69, 9.17) is 29.9 Å². The first-order valence-corrected chi connectivity index (χ1v) is 18.2. The Labute approximate surface area is 324 Å². The monoisotopic (exact) mass is 717 g/mol. The molecule has 262 valence electrons. The molecule has 0 saturated heterocycles. The van der Waals surface area contributed by atoms with Gasteiger partial charge in [0.1, 0.15) is 0 Å². The summed E-state index contributed by atoms with van der Waals surface area (Å²) in [4.78, 5) is 29.9. The molecule has 0 spiro atoms. The molecule has 0 fully saturated rings. The SMILES string of the molecule is N#Cc1cc(-c2ccccc2-c2nc(-c3ccccc3)nc(-c3ccccc3)n2)cc(-c2ccccc2-c2nc(-c3ccccc3)nc(-c3ccccc3)n2)c1. The van der Waals surface area contributed by atoms with E-state index in [1.165, 1.54) is 0 Å². The van der Waals surface area contributed by atoms with Crippen LogP contribution in [0.1, 0.15) is 5.56 Å². The summed E-state index contributed by atoms with van der Waals surface area (Å²) >= 11 is 0. The number of nitrogens with zero attached hydrogens (tertiary/aromatic N) is 7. The molecule has 7 nitrogen and oxygen atoms in total. The molecule has 0 aliphatic rings. The molecule has 7 aromatic carbocycles. The summed E-state index contributed by atoms with van der Waals surface area (Å²) < 4.78 is 0. The molecule has 56 heavy (non-hydrogen) atoms. The Balaban J connectivity index is 1.20. The zero-order valence-corrected chi connectivity index (χ0v) is 30.0. The van der Waals surface area contributed by atoms with Crippen LogP contribution >= 0.6 is 0 Å². The second kappa shape index (κ2) is 15.2. The van der Waals surface area contributed by atoms with Gasteiger partial charge in [-0.05, 0) is 40.5 Å². The summed E-state index contributed by atoms with van der Waals surface area (Å²) in [6, 6.07) is 64.1. The van der Waals surface area contributed by atoms with Crippen molar-refractivity contribution in [1.29, 1.82) is 5.26 Å². The van der Waals surface area contributed by atoms with Crippen molar-refractivity contribution in [1.82, 2.24) is 29.9 Å². The van der Waals surface area contributed by atoms with Crippen LogP contribution in [0.3, 0.4) is 0 Å². The van der Waals surface area contributed by atoms with Crippen molar-refractivity contribution in [3.8, 4) is 96.7 Å². The van der Waals surface area contributed by atoms with E-state index in [0.29, 0.717) is 40.5 Å². The quantitative estimate of drug-likeness (QED) is 0.154. The predicted molar refractivity (Wildman–Crippen MR) is 221 cm³/mol. The van der Waals surface area contributed by atoms with E-state index in [9.17, 15) is 5.26 Å². The van der Waals surface area contributed by atoms with Gasteiger partial charge >= 0.3 is 0 Å². The average molecular weight is 718 g/mol. The highest BCUT2D eigenvalue weighted by Gasteiger charge is 2.19. The molecular formula is C49H31N7. The number of rotatable bonds is 8. The molecular weight excluding hydrogens is 687 g/mol. The first-order valence-electron chi connectivity index (χ1n) is 18.2. The topological polar surface area (TPSA) is 101 Å². The number of aromatic nitrogens is 6. The minimum atomic E-state index is 0.512. The van der Waals surface area contributed by atoms with Crippen molar-refractivity contribution in [3.05, 3.63) is 194 Å². The van der Waals surface area contributed by atoms with E-state index in [0.717, 1.165) is 55.6 Å². The van der Waals surface area contributed by atoms with Crippen LogP contribution in [-0.4, -0.2) is 29.9 Å². The molecule has 0 saturated carbocycles. The fourth-order valence-corrected chi connectivity index (χ4v) is 6.72. The molecule has 0 N–H and O–H groups in total. The summed E-state index contributed by atoms with van der Waals surface area (Å²) in [6.07, 6.45) is 0. The average Bonchev–Trinajstić information content (AvgIpc) is 3.29. The molecule has 7 heteroatoms. The number of hydrogen-bond donors (Lipinski definition) is 0. The van der Waals surface area contributed by atoms with Gasteiger partial charge in [0, 0.05) is 33.4 Å². The summed E-state index contributed by atoms with van der Waals surface area (Å²) in [5.41, 5.74) is 9.15. The van der Waals surface area contributed by atoms with E-state index in [-0.39, 0.29) is 0 Å². The van der Waals surface area contributed by atoms with Crippen molar-refractivity contribution < 1.29 is 0 Å². The van der Waals surface area contributed by atoms with Gasteiger partial charge in [0.05, 0.1) is 11.6 Å². The summed E-state index contributed by atoms with van der Waals surface area (Å²) in [5, 5.41) is 10.4. The lowest BCUT2D eigenvalue weighted by molar-refractivity contribution is 1.07. The third kappa shape index (κ3) is 6.94. The molecule has 0 radical (unpaired) electrons. The highest BCUT2D eigenvalue weighted by Crippen LogP contribution is 2.38. The third-order valence-corrected chi connectivity index (χ3v) is 9.42. The van der Waals surface area contributed by atoms with Crippen LogP contribution in [0.5, 0.6) is 0 Å². The molecule has 0 atom stereocenters. The van der Waals surface area contributed by atoms with Gasteiger partial charge in [-0.25, -0.2) is 29.9 Å². The molecule has 0 amide bonds. The maximum atomic E-state index is 10.4. The lowest BCUT2D eigenvalue weighted by Crippen LogP contribution is -2.01. The van der Waals surface area contributed by atoms with E-state index >= 15 is 0 Å². The number of nitriles is 1. The minimum absolute atomic E-state index is 0.512. The molecule has 2 heterocycles. The van der Waals surface area contributed by atoms with Gasteiger partial charge in [-0.2, -0.15) is 5.26 Å². The van der Waals surface area contributed by atoms with Gasteiger partial charge in [-0.15, -0.1) is 0 Å². The van der Waals surface area contributed by atoms with Crippen molar-refractivity contribution in [3.63, 3.8) is 0 Å². The summed E-state index contributed by atoms with van der Waals surface area (Å²) in [5.74, 6) is 3.37. The van der Waals surface area contributed by atoms with Gasteiger partial charge in [0.25, 0.3) is 0 Å². The Hall–Kier alpha value is -7.95. The zero-order chi connectivity index (χ0) is 37.7. The number of benzene rings is 7. The molecule has 9 aromatic rings. The fraction of sp³-hybridized carbons (Fsp3) is 0. The Morgan fingerprint density at radius 2 is 0.536 bits per heavy atom. The Morgan fingerprint density at radius 1 is 0.268 bits per heavy atom. The Morgan fingerprint density at radius 3 is 0.839 bits per heavy atom. The molecule has 0 bridgehead atoms. The predicted octanol–water partition coefficient (Wildman–Crippen LogP) is 11.3. The first kappa shape index (κ1) is 33.9. The summed E-state index contributed by atoms with van der Waals surface area (Å²) in [7, 11) is 0. The van der Waals surface area contributed by atoms with E-state index in [2.05, 4.69) is 12.1 Å². The van der Waals surface area contributed by atoms with Gasteiger partial charge in [0.15, 0.2) is 34.9 Å². The highest BCUT2D eigenvalue weighted by atomic mass is 15.0. The maximum absolute atomic E-state index is 10.4. The first-order chi connectivity index (χ1) is 27.7. The largest absolute Gasteiger partial charge is 0.208 e. The van der Waals surface area contributed by atoms with Crippen LogP contribution in [0.25, 0.3) is 90.6 Å². The molecule has 0 aliphatic carbocycles. The molecule has 0 aliphatic heterocycles. The van der Waals surface area contributed by atoms with Crippen molar-refractivity contribution in [2.45, 2.75) is 0 Å². The van der Waals surface area contributed by atoms with Crippen LogP contribution in [0.4, 0.5) is 0 Å². The molecule has 9 rings (SSSR count). The number of hydrogen-bond acceptors (Lipinski definition) is 7. The highest BCUT2D eigenvalue weighted by molar-refractivity contribution is 5.88. The van der Waals surface area contributed by atoms with Gasteiger partial charge < -0.3 is 0 Å². The second-order valence-electron chi connectivity index (χ2n) is 13.1. The Bertz CT molecular complexity index is 2550. The van der Waals surface area contributed by atoms with Crippen LogP contribution in [0.2, 0.25) is 0 Å². The second-order valence-corrected chi connectivity index (χ2v) is 13.1. The third-order valence-electron chi connectivity index (χ3n) is 9.42. The van der Waals surface area contributed by atoms with Gasteiger partial charge in [-0.3, -0.25) is 0 Å². The van der Waals surface area contributed by atoms with Crippen molar-refractivity contribution >= 4 is 0 Å². The lowest BCUT2D eigenvalue weighted by Gasteiger charge is -2.15. The van der Waals surface area contributed by atoms with Crippen molar-refractivity contribution in [2.24, 2.45) is 0 Å². The maximum Gasteiger partial charge on any atom is 0.164 e. The van der Waals surface area contributed by atoms with Crippen molar-refractivity contribution in [2.75, 3.05) is 0 Å². The van der Waals surface area contributed by atoms with E-state index in [1.54, 1.807) is 0 Å². The summed E-state index contributed by atoms with van der Waals surface area (Å²) in [6.45, 7) is 0. The van der Waals surface area contributed by atoms with Gasteiger partial charge in [-0.1, -0.05) is 170 Å². The van der Waals surface area contributed by atoms with Crippen LogP contribution in [0, 0.1) is 11.3 Å². The smallest absolute Gasteiger partial charge is 0.164 e. The molecule has 2 aromatic heterocycles. The van der Waals surface area contributed by atoms with Crippen LogP contribution < -0.4 is 0 Å². The normalized spacial score (nSPS) is 10.8. The standard InChI is InChI=1S/C49H31N7/c50-32-33-29-38(40-25-13-15-27-42(40)48-53-44(34-17-5-1-6-18-34)51-45(54-48)35-19-7-2-8-20-35)31-39(30-33)41-26-14-16-28-43(41)49-55-46(36-21-9-3-10-22-36)52-47(56-49)37-23-11-4-12-24-37/h1-31H. The minimum Gasteiger partial charge on any atom is -0.208 e. The van der Waals surface area contributed by atoms with E-state index < -0.39 is 0 Å². The fourth-order valence-electron chi connectivity index (χ4n) is 6.72.